The summed E-state index contributed by atoms with van der Waals surface area (Å²) in [5.41, 5.74) is 0. The van der Waals surface area contributed by atoms with Gasteiger partial charge in [0.05, 0.1) is 0 Å². The first-order valence-electron chi connectivity index (χ1n) is 3.74. The minimum Gasteiger partial charge on any atom is -0.456 e. The molecule has 0 rings (SSSR count). The molecule has 0 aromatic carbocycles. The SMILES string of the molecule is CCC(OC(C)=O)C(F)(F)C(F)(F)F. The second kappa shape index (κ2) is 4.10. The number of carbonyl (C=O) groups is 1. The van der Waals surface area contributed by atoms with Crippen molar-refractivity contribution in [2.75, 3.05) is 0 Å². The number of halogens is 5. The van der Waals surface area contributed by atoms with E-state index in [1.165, 1.54) is 0 Å². The van der Waals surface area contributed by atoms with Crippen molar-refractivity contribution in [3.63, 3.8) is 0 Å². The van der Waals surface area contributed by atoms with E-state index >= 15 is 0 Å². The third-order valence-corrected chi connectivity index (χ3v) is 1.46. The molecular formula is C7H9F5O2. The predicted molar refractivity (Wildman–Crippen MR) is 36.8 cm³/mol. The third-order valence-electron chi connectivity index (χ3n) is 1.46. The Morgan fingerprint density at radius 2 is 1.71 bits per heavy atom. The molecule has 2 nitrogen and oxygen atoms in total. The number of ether oxygens (including phenoxy) is 1. The lowest BCUT2D eigenvalue weighted by Gasteiger charge is -2.26. The van der Waals surface area contributed by atoms with Gasteiger partial charge in [-0.2, -0.15) is 22.0 Å². The Bertz CT molecular complexity index is 211. The van der Waals surface area contributed by atoms with Crippen LogP contribution in [0.15, 0.2) is 0 Å². The maximum absolute atomic E-state index is 12.6. The van der Waals surface area contributed by atoms with Crippen LogP contribution >= 0.6 is 0 Å². The summed E-state index contributed by atoms with van der Waals surface area (Å²) in [6, 6.07) is 0. The van der Waals surface area contributed by atoms with Crippen molar-refractivity contribution in [3.8, 4) is 0 Å². The highest BCUT2D eigenvalue weighted by Crippen LogP contribution is 2.40. The molecule has 14 heavy (non-hydrogen) atoms. The van der Waals surface area contributed by atoms with Gasteiger partial charge in [0.15, 0.2) is 6.10 Å². The molecule has 0 heterocycles. The molecule has 0 saturated carbocycles. The minimum absolute atomic E-state index is 0.605. The zero-order valence-corrected chi connectivity index (χ0v) is 7.49. The Kier molecular flexibility index (Phi) is 3.84. The van der Waals surface area contributed by atoms with Crippen molar-refractivity contribution in [1.29, 1.82) is 0 Å². The van der Waals surface area contributed by atoms with Crippen LogP contribution in [0.1, 0.15) is 20.3 Å². The summed E-state index contributed by atoms with van der Waals surface area (Å²) in [6.45, 7) is 1.85. The van der Waals surface area contributed by atoms with E-state index in [9.17, 15) is 26.7 Å². The smallest absolute Gasteiger partial charge is 0.456 e. The van der Waals surface area contributed by atoms with Crippen molar-refractivity contribution in [3.05, 3.63) is 0 Å². The topological polar surface area (TPSA) is 26.3 Å². The van der Waals surface area contributed by atoms with E-state index in [4.69, 9.17) is 0 Å². The number of hydrogen-bond donors (Lipinski definition) is 0. The van der Waals surface area contributed by atoms with Gasteiger partial charge in [0.1, 0.15) is 0 Å². The van der Waals surface area contributed by atoms with E-state index in [0.717, 1.165) is 13.8 Å². The van der Waals surface area contributed by atoms with Crippen LogP contribution < -0.4 is 0 Å². The molecule has 7 heteroatoms. The predicted octanol–water partition coefficient (Wildman–Crippen LogP) is 2.53. The van der Waals surface area contributed by atoms with Crippen LogP contribution in [-0.4, -0.2) is 24.2 Å². The minimum atomic E-state index is -5.71. The highest BCUT2D eigenvalue weighted by Gasteiger charge is 2.63. The molecule has 0 amide bonds. The Hall–Kier alpha value is -0.880. The Morgan fingerprint density at radius 3 is 1.93 bits per heavy atom. The van der Waals surface area contributed by atoms with Gasteiger partial charge in [-0.25, -0.2) is 0 Å². The van der Waals surface area contributed by atoms with Gasteiger partial charge < -0.3 is 4.74 Å². The second-order valence-corrected chi connectivity index (χ2v) is 2.63. The molecule has 0 aliphatic carbocycles. The van der Waals surface area contributed by atoms with E-state index in [2.05, 4.69) is 4.74 Å². The second-order valence-electron chi connectivity index (χ2n) is 2.63. The molecule has 0 fully saturated rings. The molecule has 0 saturated heterocycles. The van der Waals surface area contributed by atoms with Gasteiger partial charge in [0.2, 0.25) is 0 Å². The van der Waals surface area contributed by atoms with Crippen molar-refractivity contribution < 1.29 is 31.5 Å². The number of hydrogen-bond acceptors (Lipinski definition) is 2. The number of rotatable bonds is 3. The monoisotopic (exact) mass is 220 g/mol. The van der Waals surface area contributed by atoms with Gasteiger partial charge in [-0.05, 0) is 6.42 Å². The zero-order valence-electron chi connectivity index (χ0n) is 7.49. The molecule has 1 atom stereocenters. The number of carbonyl (C=O) groups excluding carboxylic acids is 1. The molecule has 0 aromatic heterocycles. The number of esters is 1. The van der Waals surface area contributed by atoms with Crippen LogP contribution in [0.4, 0.5) is 22.0 Å². The van der Waals surface area contributed by atoms with Gasteiger partial charge in [-0.15, -0.1) is 0 Å². The maximum Gasteiger partial charge on any atom is 0.457 e. The van der Waals surface area contributed by atoms with Crippen LogP contribution in [0.5, 0.6) is 0 Å². The van der Waals surface area contributed by atoms with Crippen molar-refractivity contribution >= 4 is 5.97 Å². The first-order chi connectivity index (χ1) is 6.13. The summed E-state index contributed by atoms with van der Waals surface area (Å²) in [5.74, 6) is -6.17. The average molecular weight is 220 g/mol. The van der Waals surface area contributed by atoms with Crippen LogP contribution in [-0.2, 0) is 9.53 Å². The summed E-state index contributed by atoms with van der Waals surface area (Å²) < 4.78 is 64.3. The summed E-state index contributed by atoms with van der Waals surface area (Å²) in [7, 11) is 0. The lowest BCUT2D eigenvalue weighted by molar-refractivity contribution is -0.314. The molecule has 0 radical (unpaired) electrons. The molecule has 0 bridgehead atoms. The fourth-order valence-electron chi connectivity index (χ4n) is 0.797. The molecule has 0 N–H and O–H groups in total. The van der Waals surface area contributed by atoms with Crippen LogP contribution in [0.3, 0.4) is 0 Å². The lowest BCUT2D eigenvalue weighted by Crippen LogP contribution is -2.48. The van der Waals surface area contributed by atoms with Crippen LogP contribution in [0, 0.1) is 0 Å². The molecule has 1 unspecified atom stereocenters. The van der Waals surface area contributed by atoms with Gasteiger partial charge in [0.25, 0.3) is 0 Å². The van der Waals surface area contributed by atoms with Crippen molar-refractivity contribution in [2.24, 2.45) is 0 Å². The molecule has 0 aliphatic heterocycles. The molecular weight excluding hydrogens is 211 g/mol. The fraction of sp³-hybridized carbons (Fsp3) is 0.857. The summed E-state index contributed by atoms with van der Waals surface area (Å²) in [5, 5.41) is 0. The number of alkyl halides is 5. The van der Waals surface area contributed by atoms with E-state index in [1.54, 1.807) is 0 Å². The van der Waals surface area contributed by atoms with E-state index < -0.39 is 30.6 Å². The lowest BCUT2D eigenvalue weighted by atomic mass is 10.1. The van der Waals surface area contributed by atoms with Crippen molar-refractivity contribution in [2.45, 2.75) is 38.5 Å². The highest BCUT2D eigenvalue weighted by molar-refractivity contribution is 5.66. The van der Waals surface area contributed by atoms with E-state index in [-0.39, 0.29) is 0 Å². The van der Waals surface area contributed by atoms with Gasteiger partial charge >= 0.3 is 18.1 Å². The molecule has 0 spiro atoms. The normalized spacial score (nSPS) is 15.1. The summed E-state index contributed by atoms with van der Waals surface area (Å²) >= 11 is 0. The summed E-state index contributed by atoms with van der Waals surface area (Å²) in [4.78, 5) is 10.3. The largest absolute Gasteiger partial charge is 0.457 e. The maximum atomic E-state index is 12.6. The Morgan fingerprint density at radius 1 is 1.29 bits per heavy atom. The third kappa shape index (κ3) is 2.81. The standard InChI is InChI=1S/C7H9F5O2/c1-3-5(14-4(2)13)6(8,9)7(10,11)12/h5H,3H2,1-2H3. The van der Waals surface area contributed by atoms with Gasteiger partial charge in [0, 0.05) is 6.92 Å². The van der Waals surface area contributed by atoms with E-state index in [0.29, 0.717) is 0 Å². The van der Waals surface area contributed by atoms with Gasteiger partial charge in [-0.1, -0.05) is 6.92 Å². The van der Waals surface area contributed by atoms with Crippen LogP contribution in [0.2, 0.25) is 0 Å². The highest BCUT2D eigenvalue weighted by atomic mass is 19.4. The van der Waals surface area contributed by atoms with Crippen LogP contribution in [0.25, 0.3) is 0 Å². The molecule has 0 aromatic rings. The molecule has 84 valence electrons. The average Bonchev–Trinajstić information content (AvgIpc) is 1.97. The van der Waals surface area contributed by atoms with Crippen molar-refractivity contribution in [1.82, 2.24) is 0 Å². The summed E-state index contributed by atoms with van der Waals surface area (Å²) in [6.07, 6.45) is -8.77. The van der Waals surface area contributed by atoms with Gasteiger partial charge in [-0.3, -0.25) is 4.79 Å². The fourth-order valence-corrected chi connectivity index (χ4v) is 0.797. The quantitative estimate of drug-likeness (QED) is 0.539. The first kappa shape index (κ1) is 13.1. The first-order valence-corrected chi connectivity index (χ1v) is 3.74. The Balaban J connectivity index is 4.74. The van der Waals surface area contributed by atoms with E-state index in [1.807, 2.05) is 0 Å². The Labute approximate surface area is 77.0 Å². The zero-order chi connectivity index (χ0) is 11.6. The molecule has 0 aliphatic rings.